The number of nitrogens with zero attached hydrogens (tertiary/aromatic N) is 2. The number of phenolic OH excluding ortho intramolecular Hbond substituents is 1. The van der Waals surface area contributed by atoms with E-state index < -0.39 is 4.92 Å². The van der Waals surface area contributed by atoms with Gasteiger partial charge in [0.15, 0.2) is 0 Å². The van der Waals surface area contributed by atoms with Gasteiger partial charge in [0.25, 0.3) is 5.69 Å². The lowest BCUT2D eigenvalue weighted by molar-refractivity contribution is -0.384. The molecule has 0 spiro atoms. The van der Waals surface area contributed by atoms with Gasteiger partial charge in [-0.2, -0.15) is 0 Å². The number of phenols is 1. The van der Waals surface area contributed by atoms with Gasteiger partial charge in [-0.15, -0.1) is 0 Å². The molecule has 0 aliphatic rings. The van der Waals surface area contributed by atoms with Gasteiger partial charge in [0, 0.05) is 30.5 Å². The molecule has 0 fully saturated rings. The summed E-state index contributed by atoms with van der Waals surface area (Å²) in [6.45, 7) is 1.68. The molecule has 1 aromatic rings. The van der Waals surface area contributed by atoms with Crippen LogP contribution in [0.25, 0.3) is 0 Å². The molecular weight excluding hydrogens is 184 g/mol. The number of nitro benzene ring substituents is 1. The first-order valence-corrected chi connectivity index (χ1v) is 3.97. The molecule has 0 saturated carbocycles. The van der Waals surface area contributed by atoms with Gasteiger partial charge >= 0.3 is 0 Å². The van der Waals surface area contributed by atoms with Crippen molar-refractivity contribution >= 4 is 11.4 Å². The topological polar surface area (TPSA) is 75.7 Å². The van der Waals surface area contributed by atoms with E-state index in [1.165, 1.54) is 18.2 Å². The summed E-state index contributed by atoms with van der Waals surface area (Å²) in [4.78, 5) is 13.8. The van der Waals surface area contributed by atoms with E-state index >= 15 is 0 Å². The van der Waals surface area contributed by atoms with Crippen LogP contribution in [0.3, 0.4) is 0 Å². The van der Waals surface area contributed by atoms with E-state index in [0.29, 0.717) is 11.3 Å². The molecule has 5 nitrogen and oxygen atoms in total. The first-order valence-electron chi connectivity index (χ1n) is 3.97. The molecule has 0 radical (unpaired) electrons. The lowest BCUT2D eigenvalue weighted by Gasteiger charge is -2.02. The van der Waals surface area contributed by atoms with Crippen molar-refractivity contribution in [3.63, 3.8) is 0 Å². The summed E-state index contributed by atoms with van der Waals surface area (Å²) in [6, 6.07) is 3.85. The summed E-state index contributed by atoms with van der Waals surface area (Å²) in [6.07, 6.45) is 0. The van der Waals surface area contributed by atoms with Crippen molar-refractivity contribution in [3.05, 3.63) is 33.9 Å². The largest absolute Gasteiger partial charge is 0.507 e. The van der Waals surface area contributed by atoms with Crippen LogP contribution in [0, 0.1) is 10.1 Å². The van der Waals surface area contributed by atoms with Crippen molar-refractivity contribution in [2.45, 2.75) is 6.92 Å². The van der Waals surface area contributed by atoms with Gasteiger partial charge in [-0.1, -0.05) is 0 Å². The monoisotopic (exact) mass is 194 g/mol. The van der Waals surface area contributed by atoms with E-state index in [1.54, 1.807) is 14.0 Å². The van der Waals surface area contributed by atoms with E-state index in [1.807, 2.05) is 0 Å². The van der Waals surface area contributed by atoms with Crippen LogP contribution < -0.4 is 0 Å². The summed E-state index contributed by atoms with van der Waals surface area (Å²) < 4.78 is 0. The number of nitro groups is 1. The Kier molecular flexibility index (Phi) is 2.81. The predicted molar refractivity (Wildman–Crippen MR) is 52.9 cm³/mol. The van der Waals surface area contributed by atoms with Crippen LogP contribution in [0.1, 0.15) is 12.5 Å². The van der Waals surface area contributed by atoms with E-state index in [-0.39, 0.29) is 11.4 Å². The van der Waals surface area contributed by atoms with Crippen molar-refractivity contribution in [3.8, 4) is 5.75 Å². The quantitative estimate of drug-likeness (QED) is 0.442. The van der Waals surface area contributed by atoms with Crippen molar-refractivity contribution in [1.29, 1.82) is 0 Å². The molecular formula is C9H10N2O3. The van der Waals surface area contributed by atoms with Crippen molar-refractivity contribution in [2.24, 2.45) is 4.99 Å². The third kappa shape index (κ3) is 1.87. The molecule has 14 heavy (non-hydrogen) atoms. The maximum absolute atomic E-state index is 10.5. The number of benzene rings is 1. The Morgan fingerprint density at radius 3 is 2.71 bits per heavy atom. The Morgan fingerprint density at radius 1 is 1.57 bits per heavy atom. The molecule has 0 unspecified atom stereocenters. The highest BCUT2D eigenvalue weighted by atomic mass is 16.6. The third-order valence-electron chi connectivity index (χ3n) is 1.92. The van der Waals surface area contributed by atoms with Gasteiger partial charge in [0.05, 0.1) is 4.92 Å². The standard InChI is InChI=1S/C9H10N2O3/c1-6(10-2)8-5-7(11(13)14)3-4-9(8)12/h3-5,12H,1-2H3/b10-6-. The lowest BCUT2D eigenvalue weighted by Crippen LogP contribution is -1.97. The van der Waals surface area contributed by atoms with Crippen LogP contribution in [-0.2, 0) is 0 Å². The van der Waals surface area contributed by atoms with Crippen molar-refractivity contribution in [1.82, 2.24) is 0 Å². The Hall–Kier alpha value is -1.91. The first kappa shape index (κ1) is 10.2. The fourth-order valence-corrected chi connectivity index (χ4v) is 1.05. The Bertz CT molecular complexity index is 399. The highest BCUT2D eigenvalue weighted by Crippen LogP contribution is 2.23. The van der Waals surface area contributed by atoms with Crippen LogP contribution in [0.15, 0.2) is 23.2 Å². The summed E-state index contributed by atoms with van der Waals surface area (Å²) in [7, 11) is 1.56. The van der Waals surface area contributed by atoms with E-state index in [9.17, 15) is 15.2 Å². The van der Waals surface area contributed by atoms with Gasteiger partial charge in [-0.05, 0) is 13.0 Å². The maximum Gasteiger partial charge on any atom is 0.270 e. The maximum atomic E-state index is 10.5. The van der Waals surface area contributed by atoms with Crippen LogP contribution in [-0.4, -0.2) is 22.8 Å². The van der Waals surface area contributed by atoms with Gasteiger partial charge < -0.3 is 5.11 Å². The second-order valence-electron chi connectivity index (χ2n) is 2.77. The SMILES string of the molecule is C/N=C(/C)c1cc([N+](=O)[O-])ccc1O. The van der Waals surface area contributed by atoms with Gasteiger partial charge in [0.1, 0.15) is 5.75 Å². The molecule has 1 rings (SSSR count). The molecule has 0 bridgehead atoms. The molecule has 1 N–H and O–H groups in total. The fraction of sp³-hybridized carbons (Fsp3) is 0.222. The summed E-state index contributed by atoms with van der Waals surface area (Å²) >= 11 is 0. The zero-order valence-corrected chi connectivity index (χ0v) is 7.89. The summed E-state index contributed by atoms with van der Waals surface area (Å²) in [5.41, 5.74) is 0.897. The number of aromatic hydroxyl groups is 1. The number of hydrogen-bond donors (Lipinski definition) is 1. The molecule has 0 atom stereocenters. The summed E-state index contributed by atoms with van der Waals surface area (Å²) in [5, 5.41) is 19.9. The Morgan fingerprint density at radius 2 is 2.21 bits per heavy atom. The van der Waals surface area contributed by atoms with Gasteiger partial charge in [-0.3, -0.25) is 15.1 Å². The normalized spacial score (nSPS) is 11.4. The molecule has 1 aromatic carbocycles. The van der Waals surface area contributed by atoms with Crippen LogP contribution in [0.5, 0.6) is 5.75 Å². The highest BCUT2D eigenvalue weighted by Gasteiger charge is 2.11. The van der Waals surface area contributed by atoms with E-state index in [4.69, 9.17) is 0 Å². The fourth-order valence-electron chi connectivity index (χ4n) is 1.05. The molecule has 5 heteroatoms. The van der Waals surface area contributed by atoms with Crippen LogP contribution in [0.2, 0.25) is 0 Å². The minimum atomic E-state index is -0.508. The zero-order chi connectivity index (χ0) is 10.7. The Labute approximate surface area is 80.9 Å². The smallest absolute Gasteiger partial charge is 0.270 e. The van der Waals surface area contributed by atoms with Crippen LogP contribution >= 0.6 is 0 Å². The minimum absolute atomic E-state index is 0.00120. The highest BCUT2D eigenvalue weighted by molar-refractivity contribution is 6.01. The molecule has 0 heterocycles. The average Bonchev–Trinajstić information content (AvgIpc) is 2.17. The van der Waals surface area contributed by atoms with Gasteiger partial charge in [0.2, 0.25) is 0 Å². The lowest BCUT2D eigenvalue weighted by atomic mass is 10.1. The Balaban J connectivity index is 3.28. The average molecular weight is 194 g/mol. The number of non-ortho nitro benzene ring substituents is 1. The molecule has 0 aliphatic carbocycles. The van der Waals surface area contributed by atoms with E-state index in [2.05, 4.69) is 4.99 Å². The second kappa shape index (κ2) is 3.87. The first-order chi connectivity index (χ1) is 6.56. The summed E-state index contributed by atoms with van der Waals surface area (Å²) in [5.74, 6) is -0.00120. The van der Waals surface area contributed by atoms with Crippen molar-refractivity contribution in [2.75, 3.05) is 7.05 Å². The zero-order valence-electron chi connectivity index (χ0n) is 7.89. The number of hydrogen-bond acceptors (Lipinski definition) is 4. The predicted octanol–water partition coefficient (Wildman–Crippen LogP) is 1.74. The molecule has 0 aliphatic heterocycles. The molecule has 74 valence electrons. The van der Waals surface area contributed by atoms with Gasteiger partial charge in [-0.25, -0.2) is 0 Å². The third-order valence-corrected chi connectivity index (χ3v) is 1.92. The number of rotatable bonds is 2. The minimum Gasteiger partial charge on any atom is -0.507 e. The van der Waals surface area contributed by atoms with E-state index in [0.717, 1.165) is 0 Å². The molecule has 0 amide bonds. The number of aliphatic imine (C=N–C) groups is 1. The van der Waals surface area contributed by atoms with Crippen LogP contribution in [0.4, 0.5) is 5.69 Å². The van der Waals surface area contributed by atoms with Crippen molar-refractivity contribution < 1.29 is 10.0 Å². The molecule has 0 saturated heterocycles. The molecule has 0 aromatic heterocycles. The second-order valence-corrected chi connectivity index (χ2v) is 2.77.